The van der Waals surface area contributed by atoms with Gasteiger partial charge < -0.3 is 9.73 Å². The zero-order chi connectivity index (χ0) is 31.8. The van der Waals surface area contributed by atoms with Crippen molar-refractivity contribution in [2.24, 2.45) is 0 Å². The number of fused-ring (bicyclic) bond motifs is 3. The monoisotopic (exact) mass is 591 g/mol. The predicted octanol–water partition coefficient (Wildman–Crippen LogP) is 9.92. The Morgan fingerprint density at radius 3 is 2.07 bits per heavy atom. The van der Waals surface area contributed by atoms with Gasteiger partial charge in [-0.05, 0) is 30.7 Å². The maximum Gasteiger partial charge on any atom is 0.181 e. The van der Waals surface area contributed by atoms with Crippen LogP contribution in [-0.2, 0) is 23.8 Å². The first-order chi connectivity index (χ1) is 20.1. The summed E-state index contributed by atoms with van der Waals surface area (Å²) in [6, 6.07) is 13.7. The topological polar surface area (TPSA) is 76.7 Å². The second kappa shape index (κ2) is 18.4. The molecule has 4 aromatic heterocycles. The first-order valence-corrected chi connectivity index (χ1v) is 16.1. The van der Waals surface area contributed by atoms with Gasteiger partial charge >= 0.3 is 0 Å². The Labute approximate surface area is 258 Å². The van der Waals surface area contributed by atoms with E-state index in [1.807, 2.05) is 102 Å². The van der Waals surface area contributed by atoms with Crippen molar-refractivity contribution in [2.75, 3.05) is 6.54 Å². The molecule has 0 unspecified atom stereocenters. The highest BCUT2D eigenvalue weighted by molar-refractivity contribution is 7.11. The number of rotatable bonds is 0. The van der Waals surface area contributed by atoms with Crippen molar-refractivity contribution in [1.29, 1.82) is 0 Å². The fourth-order valence-electron chi connectivity index (χ4n) is 3.80. The molecule has 0 atom stereocenters. The van der Waals surface area contributed by atoms with E-state index in [0.29, 0.717) is 0 Å². The highest BCUT2D eigenvalue weighted by Gasteiger charge is 2.22. The maximum atomic E-state index is 5.01. The lowest BCUT2D eigenvalue weighted by Gasteiger charge is -2.18. The number of aromatic nitrogens is 4. The lowest BCUT2D eigenvalue weighted by molar-refractivity contribution is 0.574. The van der Waals surface area contributed by atoms with Gasteiger partial charge in [0.15, 0.2) is 12.0 Å². The van der Waals surface area contributed by atoms with Crippen LogP contribution in [0.3, 0.4) is 0 Å². The number of nitrogens with one attached hydrogen (secondary N) is 1. The van der Waals surface area contributed by atoms with Crippen LogP contribution in [0.1, 0.15) is 104 Å². The standard InChI is InChI=1S/C12H14N2.C10H16N2S.C7H5NO.3C2H6/c1-12(2,3)11-10-9(6-8-14-11)5-4-7-13-10;1-10(2,3)9-12-7-6-11-5-4-8(7)13-9;1-2-4-7-6(3-1)8-5-9-7;3*1-2/h4-8H,1-3H3;11H,4-6H2,1-3H3;1-5H;3*1-2H3. The van der Waals surface area contributed by atoms with Crippen LogP contribution in [0.4, 0.5) is 0 Å². The van der Waals surface area contributed by atoms with Crippen LogP contribution in [0, 0.1) is 0 Å². The number of pyridine rings is 2. The maximum absolute atomic E-state index is 5.01. The van der Waals surface area contributed by atoms with Crippen molar-refractivity contribution in [3.05, 3.63) is 82.5 Å². The SMILES string of the molecule is CC.CC.CC.CC(C)(C)c1nc2c(s1)CCNC2.CC(C)(C)c1nccc2cccnc12.c1ccc2ocnc2c1. The molecule has 1 aliphatic heterocycles. The van der Waals surface area contributed by atoms with E-state index >= 15 is 0 Å². The summed E-state index contributed by atoms with van der Waals surface area (Å²) < 4.78 is 5.01. The minimum Gasteiger partial charge on any atom is -0.443 e. The third-order valence-electron chi connectivity index (χ3n) is 5.71. The van der Waals surface area contributed by atoms with Gasteiger partial charge in [-0.1, -0.05) is 101 Å². The Morgan fingerprint density at radius 1 is 0.762 bits per heavy atom. The van der Waals surface area contributed by atoms with Gasteiger partial charge in [0, 0.05) is 46.6 Å². The summed E-state index contributed by atoms with van der Waals surface area (Å²) in [5.41, 5.74) is 5.38. The molecule has 0 amide bonds. The molecule has 0 bridgehead atoms. The van der Waals surface area contributed by atoms with Crippen molar-refractivity contribution in [3.63, 3.8) is 0 Å². The van der Waals surface area contributed by atoms with Crippen LogP contribution < -0.4 is 5.32 Å². The third-order valence-corrected chi connectivity index (χ3v) is 7.29. The summed E-state index contributed by atoms with van der Waals surface area (Å²) in [7, 11) is 0. The molecule has 0 saturated heterocycles. The van der Waals surface area contributed by atoms with Gasteiger partial charge in [0.05, 0.1) is 21.9 Å². The van der Waals surface area contributed by atoms with Crippen LogP contribution in [0.15, 0.2) is 65.7 Å². The summed E-state index contributed by atoms with van der Waals surface area (Å²) in [4.78, 5) is 18.9. The quantitative estimate of drug-likeness (QED) is 0.193. The zero-order valence-electron chi connectivity index (χ0n) is 28.0. The highest BCUT2D eigenvalue weighted by Crippen LogP contribution is 2.30. The number of hydrogen-bond acceptors (Lipinski definition) is 7. The largest absolute Gasteiger partial charge is 0.443 e. The van der Waals surface area contributed by atoms with E-state index in [2.05, 4.69) is 72.9 Å². The van der Waals surface area contributed by atoms with Crippen molar-refractivity contribution >= 4 is 33.3 Å². The Bertz CT molecular complexity index is 1370. The fourth-order valence-corrected chi connectivity index (χ4v) is 4.94. The Hall–Kier alpha value is -3.16. The van der Waals surface area contributed by atoms with Gasteiger partial charge in [-0.15, -0.1) is 11.3 Å². The Morgan fingerprint density at radius 2 is 1.45 bits per heavy atom. The van der Waals surface area contributed by atoms with Gasteiger partial charge in [0.2, 0.25) is 0 Å². The van der Waals surface area contributed by atoms with Crippen molar-refractivity contribution in [1.82, 2.24) is 25.3 Å². The molecule has 42 heavy (non-hydrogen) atoms. The van der Waals surface area contributed by atoms with Gasteiger partial charge in [0.1, 0.15) is 5.52 Å². The number of oxazole rings is 1. The molecule has 5 aromatic rings. The number of benzene rings is 1. The second-order valence-electron chi connectivity index (χ2n) is 10.9. The molecule has 7 heteroatoms. The summed E-state index contributed by atoms with van der Waals surface area (Å²) in [5.74, 6) is 0. The summed E-state index contributed by atoms with van der Waals surface area (Å²) >= 11 is 1.89. The van der Waals surface area contributed by atoms with Crippen LogP contribution in [0.2, 0.25) is 0 Å². The zero-order valence-corrected chi connectivity index (χ0v) is 28.8. The van der Waals surface area contributed by atoms with Gasteiger partial charge in [-0.3, -0.25) is 9.97 Å². The molecular weight excluding hydrogens is 538 g/mol. The van der Waals surface area contributed by atoms with Crippen LogP contribution in [0.25, 0.3) is 22.0 Å². The van der Waals surface area contributed by atoms with E-state index in [9.17, 15) is 0 Å². The molecule has 0 spiro atoms. The fraction of sp³-hybridized carbons (Fsp3) is 0.486. The smallest absolute Gasteiger partial charge is 0.181 e. The van der Waals surface area contributed by atoms with E-state index in [1.54, 1.807) is 0 Å². The first kappa shape index (κ1) is 36.9. The predicted molar refractivity (Wildman–Crippen MR) is 183 cm³/mol. The van der Waals surface area contributed by atoms with Gasteiger partial charge in [0.25, 0.3) is 0 Å². The lowest BCUT2D eigenvalue weighted by Crippen LogP contribution is -2.22. The molecule has 6 nitrogen and oxygen atoms in total. The van der Waals surface area contributed by atoms with E-state index in [1.165, 1.54) is 22.0 Å². The van der Waals surface area contributed by atoms with Gasteiger partial charge in [-0.2, -0.15) is 0 Å². The average molecular weight is 592 g/mol. The average Bonchev–Trinajstić information content (AvgIpc) is 3.68. The molecular formula is C35H53N5OS. The van der Waals surface area contributed by atoms with E-state index < -0.39 is 0 Å². The molecule has 0 fully saturated rings. The number of thiazole rings is 1. The minimum absolute atomic E-state index is 0.0495. The van der Waals surface area contributed by atoms with E-state index in [4.69, 9.17) is 4.42 Å². The number of nitrogens with zero attached hydrogens (tertiary/aromatic N) is 4. The van der Waals surface area contributed by atoms with Crippen LogP contribution in [-0.4, -0.2) is 26.5 Å². The minimum atomic E-state index is 0.0495. The van der Waals surface area contributed by atoms with E-state index in [0.717, 1.165) is 47.2 Å². The van der Waals surface area contributed by atoms with Crippen molar-refractivity contribution < 1.29 is 4.42 Å². The Balaban J connectivity index is 0.000000293. The molecule has 1 aromatic carbocycles. The lowest BCUT2D eigenvalue weighted by atomic mass is 9.90. The first-order valence-electron chi connectivity index (χ1n) is 15.3. The second-order valence-corrected chi connectivity index (χ2v) is 12.0. The molecule has 0 saturated carbocycles. The highest BCUT2D eigenvalue weighted by atomic mass is 32.1. The van der Waals surface area contributed by atoms with Crippen molar-refractivity contribution in [2.45, 2.75) is 107 Å². The third kappa shape index (κ3) is 10.9. The molecule has 0 radical (unpaired) electrons. The number of para-hydroxylation sites is 2. The van der Waals surface area contributed by atoms with Gasteiger partial charge in [-0.25, -0.2) is 9.97 Å². The summed E-state index contributed by atoms with van der Waals surface area (Å²) in [5, 5.41) is 5.79. The van der Waals surface area contributed by atoms with Crippen LogP contribution >= 0.6 is 11.3 Å². The molecule has 0 aliphatic carbocycles. The van der Waals surface area contributed by atoms with Crippen LogP contribution in [0.5, 0.6) is 0 Å². The normalized spacial score (nSPS) is 11.9. The summed E-state index contributed by atoms with van der Waals surface area (Å²) in [6.07, 6.45) is 6.28. The molecule has 5 heterocycles. The summed E-state index contributed by atoms with van der Waals surface area (Å²) in [6.45, 7) is 27.2. The molecule has 6 rings (SSSR count). The molecule has 230 valence electrons. The number of hydrogen-bond donors (Lipinski definition) is 1. The van der Waals surface area contributed by atoms with E-state index in [-0.39, 0.29) is 10.8 Å². The van der Waals surface area contributed by atoms with Crippen molar-refractivity contribution in [3.8, 4) is 0 Å². The molecule has 1 N–H and O–H groups in total. The molecule has 1 aliphatic rings. The Kier molecular flexibility index (Phi) is 16.1.